The summed E-state index contributed by atoms with van der Waals surface area (Å²) in [5.74, 6) is 0.488. The maximum atomic E-state index is 10.9. The van der Waals surface area contributed by atoms with E-state index >= 15 is 0 Å². The Hall–Kier alpha value is -1.17. The number of hydrogen-bond donors (Lipinski definition) is 1. The number of hydrogen-bond acceptors (Lipinski definition) is 4. The summed E-state index contributed by atoms with van der Waals surface area (Å²) in [6, 6.07) is 0. The molecule has 0 aliphatic rings. The van der Waals surface area contributed by atoms with Crippen molar-refractivity contribution in [3.8, 4) is 0 Å². The second kappa shape index (κ2) is 3.91. The first kappa shape index (κ1) is 10.9. The molecule has 0 spiro atoms. The van der Waals surface area contributed by atoms with Gasteiger partial charge in [0, 0.05) is 6.20 Å². The topological polar surface area (TPSA) is 72.0 Å². The van der Waals surface area contributed by atoms with Crippen molar-refractivity contribution in [2.24, 2.45) is 0 Å². The van der Waals surface area contributed by atoms with E-state index in [1.54, 1.807) is 6.20 Å². The molecule has 14 heavy (non-hydrogen) atoms. The fourth-order valence-electron chi connectivity index (χ4n) is 0.898. The normalized spacial score (nSPS) is 11.7. The Bertz CT molecular complexity index is 414. The highest BCUT2D eigenvalue weighted by Gasteiger charge is 2.06. The molecule has 0 radical (unpaired) electrons. The molecule has 0 amide bonds. The van der Waals surface area contributed by atoms with Gasteiger partial charge in [-0.1, -0.05) is 13.8 Å². The quantitative estimate of drug-likeness (QED) is 0.815. The fraction of sp³-hybridized carbons (Fsp3) is 0.500. The number of nitrogens with zero attached hydrogens (tertiary/aromatic N) is 2. The summed E-state index contributed by atoms with van der Waals surface area (Å²) in [5.41, 5.74) is 0.763. The summed E-state index contributed by atoms with van der Waals surface area (Å²) in [4.78, 5) is 8.01. The molecule has 0 unspecified atom stereocenters. The van der Waals surface area contributed by atoms with Crippen LogP contribution in [0.3, 0.4) is 0 Å². The van der Waals surface area contributed by atoms with Gasteiger partial charge in [-0.15, -0.1) is 0 Å². The standard InChI is InChI=1S/C8H13N3O2S/c1-6(2)7-4-9-5-8(10-7)11-14(3,12)13/h4-6H,1-3H3,(H,10,11). The predicted molar refractivity (Wildman–Crippen MR) is 54.6 cm³/mol. The zero-order valence-electron chi connectivity index (χ0n) is 8.35. The number of sulfonamides is 1. The van der Waals surface area contributed by atoms with Crippen molar-refractivity contribution in [3.05, 3.63) is 18.1 Å². The lowest BCUT2D eigenvalue weighted by atomic mass is 10.1. The highest BCUT2D eigenvalue weighted by molar-refractivity contribution is 7.92. The Morgan fingerprint density at radius 2 is 2.00 bits per heavy atom. The van der Waals surface area contributed by atoms with Crippen molar-refractivity contribution in [3.63, 3.8) is 0 Å². The molecular weight excluding hydrogens is 202 g/mol. The third kappa shape index (κ3) is 3.29. The van der Waals surface area contributed by atoms with Gasteiger partial charge < -0.3 is 0 Å². The second-order valence-corrected chi connectivity index (χ2v) is 5.11. The molecule has 5 nitrogen and oxygen atoms in total. The van der Waals surface area contributed by atoms with Crippen LogP contribution >= 0.6 is 0 Å². The van der Waals surface area contributed by atoms with Gasteiger partial charge >= 0.3 is 0 Å². The third-order valence-electron chi connectivity index (χ3n) is 1.53. The van der Waals surface area contributed by atoms with E-state index in [1.165, 1.54) is 6.20 Å². The molecule has 1 rings (SSSR count). The van der Waals surface area contributed by atoms with E-state index in [2.05, 4.69) is 14.7 Å². The van der Waals surface area contributed by atoms with Gasteiger partial charge in [-0.25, -0.2) is 13.4 Å². The summed E-state index contributed by atoms with van der Waals surface area (Å²) in [6.45, 7) is 3.93. The Morgan fingerprint density at radius 1 is 1.36 bits per heavy atom. The average molecular weight is 215 g/mol. The van der Waals surface area contributed by atoms with Crippen LogP contribution in [0.2, 0.25) is 0 Å². The first-order valence-corrected chi connectivity index (χ1v) is 6.07. The van der Waals surface area contributed by atoms with Crippen LogP contribution in [0.15, 0.2) is 12.4 Å². The minimum atomic E-state index is -3.27. The lowest BCUT2D eigenvalue weighted by molar-refractivity contribution is 0.606. The van der Waals surface area contributed by atoms with Crippen LogP contribution in [0.5, 0.6) is 0 Å². The highest BCUT2D eigenvalue weighted by atomic mass is 32.2. The van der Waals surface area contributed by atoms with Crippen molar-refractivity contribution in [2.45, 2.75) is 19.8 Å². The van der Waals surface area contributed by atoms with Crippen LogP contribution in [0, 0.1) is 0 Å². The molecule has 0 saturated carbocycles. The van der Waals surface area contributed by atoms with Crippen LogP contribution in [-0.4, -0.2) is 24.6 Å². The molecule has 78 valence electrons. The maximum absolute atomic E-state index is 10.9. The molecule has 1 aromatic heterocycles. The number of aromatic nitrogens is 2. The molecule has 1 heterocycles. The van der Waals surface area contributed by atoms with Gasteiger partial charge in [0.05, 0.1) is 18.1 Å². The molecule has 1 N–H and O–H groups in total. The predicted octanol–water partition coefficient (Wildman–Crippen LogP) is 0.972. The smallest absolute Gasteiger partial charge is 0.231 e. The van der Waals surface area contributed by atoms with Gasteiger partial charge in [-0.2, -0.15) is 0 Å². The fourth-order valence-corrected chi connectivity index (χ4v) is 1.38. The summed E-state index contributed by atoms with van der Waals surface area (Å²) >= 11 is 0. The minimum absolute atomic E-state index is 0.226. The van der Waals surface area contributed by atoms with Crippen LogP contribution < -0.4 is 4.72 Å². The number of anilines is 1. The molecule has 0 atom stereocenters. The Kier molecular flexibility index (Phi) is 3.05. The molecule has 6 heteroatoms. The minimum Gasteiger partial charge on any atom is -0.266 e. The summed E-state index contributed by atoms with van der Waals surface area (Å²) in [5, 5.41) is 0. The first-order chi connectivity index (χ1) is 6.38. The number of rotatable bonds is 3. The van der Waals surface area contributed by atoms with Crippen LogP contribution in [0.4, 0.5) is 5.82 Å². The second-order valence-electron chi connectivity index (χ2n) is 3.36. The Labute approximate surface area is 83.6 Å². The van der Waals surface area contributed by atoms with E-state index in [0.717, 1.165) is 11.9 Å². The SMILES string of the molecule is CC(C)c1cncc(NS(C)(=O)=O)n1. The zero-order chi connectivity index (χ0) is 10.8. The molecule has 1 aromatic rings. The summed E-state index contributed by atoms with van der Waals surface area (Å²) in [6.07, 6.45) is 4.09. The summed E-state index contributed by atoms with van der Waals surface area (Å²) in [7, 11) is -3.27. The Balaban J connectivity index is 2.95. The molecule has 0 aliphatic carbocycles. The monoisotopic (exact) mass is 215 g/mol. The van der Waals surface area contributed by atoms with E-state index in [-0.39, 0.29) is 11.7 Å². The number of nitrogens with one attached hydrogen (secondary N) is 1. The van der Waals surface area contributed by atoms with E-state index in [9.17, 15) is 8.42 Å². The zero-order valence-corrected chi connectivity index (χ0v) is 9.17. The van der Waals surface area contributed by atoms with Crippen molar-refractivity contribution < 1.29 is 8.42 Å². The molecular formula is C8H13N3O2S. The van der Waals surface area contributed by atoms with E-state index < -0.39 is 10.0 Å². The van der Waals surface area contributed by atoms with Crippen molar-refractivity contribution in [1.82, 2.24) is 9.97 Å². The molecule has 0 saturated heterocycles. The van der Waals surface area contributed by atoms with Gasteiger partial charge in [-0.3, -0.25) is 9.71 Å². The summed E-state index contributed by atoms with van der Waals surface area (Å²) < 4.78 is 24.1. The largest absolute Gasteiger partial charge is 0.266 e. The van der Waals surface area contributed by atoms with E-state index in [4.69, 9.17) is 0 Å². The van der Waals surface area contributed by atoms with Gasteiger partial charge in [0.15, 0.2) is 5.82 Å². The molecule has 0 bridgehead atoms. The molecule has 0 aromatic carbocycles. The van der Waals surface area contributed by atoms with Gasteiger partial charge in [-0.05, 0) is 5.92 Å². The maximum Gasteiger partial charge on any atom is 0.231 e. The molecule has 0 aliphatic heterocycles. The molecule has 0 fully saturated rings. The van der Waals surface area contributed by atoms with E-state index in [1.807, 2.05) is 13.8 Å². The van der Waals surface area contributed by atoms with E-state index in [0.29, 0.717) is 0 Å². The first-order valence-electron chi connectivity index (χ1n) is 4.18. The third-order valence-corrected chi connectivity index (χ3v) is 2.11. The highest BCUT2D eigenvalue weighted by Crippen LogP contribution is 2.12. The van der Waals surface area contributed by atoms with Crippen LogP contribution in [-0.2, 0) is 10.0 Å². The lowest BCUT2D eigenvalue weighted by Gasteiger charge is -2.06. The van der Waals surface area contributed by atoms with Gasteiger partial charge in [0.25, 0.3) is 0 Å². The lowest BCUT2D eigenvalue weighted by Crippen LogP contribution is -2.12. The van der Waals surface area contributed by atoms with Crippen molar-refractivity contribution in [1.29, 1.82) is 0 Å². The van der Waals surface area contributed by atoms with Crippen LogP contribution in [0.1, 0.15) is 25.5 Å². The van der Waals surface area contributed by atoms with Crippen molar-refractivity contribution in [2.75, 3.05) is 11.0 Å². The van der Waals surface area contributed by atoms with Crippen molar-refractivity contribution >= 4 is 15.8 Å². The average Bonchev–Trinajstić information content (AvgIpc) is 2.01. The van der Waals surface area contributed by atoms with Gasteiger partial charge in [0.2, 0.25) is 10.0 Å². The Morgan fingerprint density at radius 3 is 2.50 bits per heavy atom. The van der Waals surface area contributed by atoms with Gasteiger partial charge in [0.1, 0.15) is 0 Å². The van der Waals surface area contributed by atoms with Crippen LogP contribution in [0.25, 0.3) is 0 Å².